The molecule has 1 aromatic rings. The molecule has 84 valence electrons. The Bertz CT molecular complexity index is 452. The number of carbonyl (C=O) groups is 1. The Kier molecular flexibility index (Phi) is 2.19. The standard InChI is InChI=1S/C12H12ClNO2/c13-8-1-2-10-9(7-8)12(11(15)14-10)3-5-16-6-4-12/h1-2,7H,3-6H2,(H,14,15). The summed E-state index contributed by atoms with van der Waals surface area (Å²) in [6.45, 7) is 1.28. The van der Waals surface area contributed by atoms with Crippen LogP contribution in [0.1, 0.15) is 18.4 Å². The summed E-state index contributed by atoms with van der Waals surface area (Å²) >= 11 is 6.00. The van der Waals surface area contributed by atoms with Crippen molar-refractivity contribution in [3.63, 3.8) is 0 Å². The summed E-state index contributed by atoms with van der Waals surface area (Å²) in [5, 5.41) is 3.61. The minimum Gasteiger partial charge on any atom is -0.381 e. The Morgan fingerprint density at radius 2 is 2.06 bits per heavy atom. The number of fused-ring (bicyclic) bond motifs is 2. The lowest BCUT2D eigenvalue weighted by molar-refractivity contribution is -0.124. The first-order valence-corrected chi connectivity index (χ1v) is 5.79. The fourth-order valence-corrected chi connectivity index (χ4v) is 2.77. The predicted molar refractivity (Wildman–Crippen MR) is 61.8 cm³/mol. The number of carbonyl (C=O) groups excluding carboxylic acids is 1. The fraction of sp³-hybridized carbons (Fsp3) is 0.417. The summed E-state index contributed by atoms with van der Waals surface area (Å²) in [6, 6.07) is 5.58. The van der Waals surface area contributed by atoms with Crippen LogP contribution in [0.15, 0.2) is 18.2 Å². The Morgan fingerprint density at radius 1 is 1.31 bits per heavy atom. The normalized spacial score (nSPS) is 21.9. The Hall–Kier alpha value is -1.06. The number of amides is 1. The molecular formula is C12H12ClNO2. The van der Waals surface area contributed by atoms with E-state index in [-0.39, 0.29) is 5.91 Å². The van der Waals surface area contributed by atoms with E-state index in [9.17, 15) is 4.79 Å². The van der Waals surface area contributed by atoms with E-state index in [2.05, 4.69) is 5.32 Å². The number of ether oxygens (including phenoxy) is 1. The van der Waals surface area contributed by atoms with Gasteiger partial charge in [0, 0.05) is 23.9 Å². The molecule has 2 aliphatic heterocycles. The zero-order valence-electron chi connectivity index (χ0n) is 8.75. The third-order valence-electron chi connectivity index (χ3n) is 3.53. The molecule has 0 saturated carbocycles. The first-order valence-electron chi connectivity index (χ1n) is 5.42. The van der Waals surface area contributed by atoms with Gasteiger partial charge in [-0.2, -0.15) is 0 Å². The average Bonchev–Trinajstić information content (AvgIpc) is 2.55. The Balaban J connectivity index is 2.13. The number of hydrogen-bond donors (Lipinski definition) is 1. The van der Waals surface area contributed by atoms with Crippen molar-refractivity contribution in [3.05, 3.63) is 28.8 Å². The van der Waals surface area contributed by atoms with Crippen molar-refractivity contribution in [2.45, 2.75) is 18.3 Å². The smallest absolute Gasteiger partial charge is 0.235 e. The van der Waals surface area contributed by atoms with Crippen LogP contribution >= 0.6 is 11.6 Å². The summed E-state index contributed by atoms with van der Waals surface area (Å²) in [4.78, 5) is 12.1. The molecule has 1 fully saturated rings. The number of nitrogens with one attached hydrogen (secondary N) is 1. The highest BCUT2D eigenvalue weighted by Gasteiger charge is 2.47. The molecule has 0 atom stereocenters. The molecule has 2 heterocycles. The highest BCUT2D eigenvalue weighted by molar-refractivity contribution is 6.31. The molecule has 1 saturated heterocycles. The molecule has 2 aliphatic rings. The van der Waals surface area contributed by atoms with E-state index in [1.165, 1.54) is 0 Å². The molecule has 4 heteroatoms. The van der Waals surface area contributed by atoms with Gasteiger partial charge in [-0.15, -0.1) is 0 Å². The topological polar surface area (TPSA) is 38.3 Å². The monoisotopic (exact) mass is 237 g/mol. The summed E-state index contributed by atoms with van der Waals surface area (Å²) in [5.41, 5.74) is 1.53. The number of anilines is 1. The van der Waals surface area contributed by atoms with Gasteiger partial charge in [0.25, 0.3) is 0 Å². The minimum absolute atomic E-state index is 0.0908. The average molecular weight is 238 g/mol. The summed E-state index contributed by atoms with van der Waals surface area (Å²) < 4.78 is 5.34. The van der Waals surface area contributed by atoms with Crippen molar-refractivity contribution in [2.75, 3.05) is 18.5 Å². The van der Waals surface area contributed by atoms with Gasteiger partial charge < -0.3 is 10.1 Å². The van der Waals surface area contributed by atoms with Crippen LogP contribution in [0.2, 0.25) is 5.02 Å². The van der Waals surface area contributed by atoms with Gasteiger partial charge in [-0.25, -0.2) is 0 Å². The van der Waals surface area contributed by atoms with Crippen LogP contribution in [0.3, 0.4) is 0 Å². The van der Waals surface area contributed by atoms with Crippen LogP contribution < -0.4 is 5.32 Å². The highest BCUT2D eigenvalue weighted by Crippen LogP contribution is 2.45. The van der Waals surface area contributed by atoms with Crippen molar-refractivity contribution >= 4 is 23.2 Å². The van der Waals surface area contributed by atoms with Gasteiger partial charge in [0.1, 0.15) is 0 Å². The first kappa shape index (κ1) is 10.1. The lowest BCUT2D eigenvalue weighted by Gasteiger charge is -2.31. The summed E-state index contributed by atoms with van der Waals surface area (Å²) in [7, 11) is 0. The van der Waals surface area contributed by atoms with Crippen molar-refractivity contribution in [2.24, 2.45) is 0 Å². The molecule has 1 spiro atoms. The quantitative estimate of drug-likeness (QED) is 0.752. The van der Waals surface area contributed by atoms with Gasteiger partial charge in [0.2, 0.25) is 5.91 Å². The molecule has 0 unspecified atom stereocenters. The number of benzene rings is 1. The molecule has 3 rings (SSSR count). The van der Waals surface area contributed by atoms with Gasteiger partial charge in [-0.1, -0.05) is 11.6 Å². The largest absolute Gasteiger partial charge is 0.381 e. The maximum Gasteiger partial charge on any atom is 0.235 e. The molecule has 0 bridgehead atoms. The van der Waals surface area contributed by atoms with Gasteiger partial charge in [-0.3, -0.25) is 4.79 Å². The molecule has 16 heavy (non-hydrogen) atoms. The second kappa shape index (κ2) is 3.47. The second-order valence-electron chi connectivity index (χ2n) is 4.34. The Labute approximate surface area is 98.7 Å². The van der Waals surface area contributed by atoms with E-state index in [1.54, 1.807) is 6.07 Å². The van der Waals surface area contributed by atoms with Crippen LogP contribution in [-0.4, -0.2) is 19.1 Å². The van der Waals surface area contributed by atoms with Crippen molar-refractivity contribution in [1.29, 1.82) is 0 Å². The molecular weight excluding hydrogens is 226 g/mol. The predicted octanol–water partition coefficient (Wildman–Crippen LogP) is 2.34. The molecule has 0 aliphatic carbocycles. The van der Waals surface area contributed by atoms with E-state index >= 15 is 0 Å². The van der Waals surface area contributed by atoms with E-state index in [0.29, 0.717) is 18.2 Å². The maximum absolute atomic E-state index is 12.1. The number of rotatable bonds is 0. The van der Waals surface area contributed by atoms with Gasteiger partial charge in [0.15, 0.2) is 0 Å². The van der Waals surface area contributed by atoms with Gasteiger partial charge >= 0.3 is 0 Å². The lowest BCUT2D eigenvalue weighted by Crippen LogP contribution is -2.39. The molecule has 1 N–H and O–H groups in total. The van der Waals surface area contributed by atoms with Crippen molar-refractivity contribution in [1.82, 2.24) is 0 Å². The second-order valence-corrected chi connectivity index (χ2v) is 4.77. The van der Waals surface area contributed by atoms with E-state index < -0.39 is 5.41 Å². The Morgan fingerprint density at radius 3 is 2.81 bits per heavy atom. The molecule has 1 amide bonds. The maximum atomic E-state index is 12.1. The van der Waals surface area contributed by atoms with Crippen LogP contribution in [0.4, 0.5) is 5.69 Å². The minimum atomic E-state index is -0.404. The third kappa shape index (κ3) is 1.28. The molecule has 0 aromatic heterocycles. The van der Waals surface area contributed by atoms with Crippen LogP contribution in [0, 0.1) is 0 Å². The fourth-order valence-electron chi connectivity index (χ4n) is 2.60. The SMILES string of the molecule is O=C1Nc2ccc(Cl)cc2C12CCOCC2. The van der Waals surface area contributed by atoms with Gasteiger partial charge in [-0.05, 0) is 36.6 Å². The highest BCUT2D eigenvalue weighted by atomic mass is 35.5. The lowest BCUT2D eigenvalue weighted by atomic mass is 9.75. The van der Waals surface area contributed by atoms with Crippen LogP contribution in [-0.2, 0) is 14.9 Å². The first-order chi connectivity index (χ1) is 7.72. The van der Waals surface area contributed by atoms with E-state index in [4.69, 9.17) is 16.3 Å². The van der Waals surface area contributed by atoms with Crippen molar-refractivity contribution in [3.8, 4) is 0 Å². The van der Waals surface area contributed by atoms with Crippen molar-refractivity contribution < 1.29 is 9.53 Å². The summed E-state index contributed by atoms with van der Waals surface area (Å²) in [6.07, 6.45) is 1.48. The summed E-state index contributed by atoms with van der Waals surface area (Å²) in [5.74, 6) is 0.0908. The number of halogens is 1. The zero-order valence-corrected chi connectivity index (χ0v) is 9.51. The zero-order chi connectivity index (χ0) is 11.2. The molecule has 1 aromatic carbocycles. The van der Waals surface area contributed by atoms with E-state index in [1.807, 2.05) is 12.1 Å². The molecule has 0 radical (unpaired) electrons. The third-order valence-corrected chi connectivity index (χ3v) is 3.76. The van der Waals surface area contributed by atoms with Crippen LogP contribution in [0.25, 0.3) is 0 Å². The van der Waals surface area contributed by atoms with Gasteiger partial charge in [0.05, 0.1) is 5.41 Å². The van der Waals surface area contributed by atoms with Crippen LogP contribution in [0.5, 0.6) is 0 Å². The number of hydrogen-bond acceptors (Lipinski definition) is 2. The molecule has 3 nitrogen and oxygen atoms in total. The van der Waals surface area contributed by atoms with E-state index in [0.717, 1.165) is 24.1 Å².